The maximum absolute atomic E-state index is 12.0. The lowest BCUT2D eigenvalue weighted by Gasteiger charge is -2.32. The van der Waals surface area contributed by atoms with Crippen LogP contribution in [0.5, 0.6) is 11.5 Å². The van der Waals surface area contributed by atoms with Gasteiger partial charge in [-0.3, -0.25) is 4.79 Å². The number of carbonyl (C=O) groups is 1. The quantitative estimate of drug-likeness (QED) is 0.842. The number of fused-ring (bicyclic) bond motifs is 1. The minimum atomic E-state index is -0.396. The van der Waals surface area contributed by atoms with Crippen molar-refractivity contribution >= 4 is 27.5 Å². The molecule has 0 spiro atoms. The van der Waals surface area contributed by atoms with Gasteiger partial charge in [0.2, 0.25) is 0 Å². The van der Waals surface area contributed by atoms with Crippen molar-refractivity contribution in [1.29, 1.82) is 0 Å². The third-order valence-corrected chi connectivity index (χ3v) is 3.46. The lowest BCUT2D eigenvalue weighted by molar-refractivity contribution is -0.126. The zero-order valence-corrected chi connectivity index (χ0v) is 11.6. The van der Waals surface area contributed by atoms with E-state index >= 15 is 0 Å². The first-order chi connectivity index (χ1) is 8.08. The van der Waals surface area contributed by atoms with Crippen molar-refractivity contribution in [2.45, 2.75) is 19.4 Å². The molecule has 0 aliphatic carbocycles. The number of ether oxygens (including phenoxy) is 2. The van der Waals surface area contributed by atoms with Crippen LogP contribution in [-0.4, -0.2) is 26.2 Å². The second-order valence-electron chi connectivity index (χ2n) is 3.87. The third-order valence-electron chi connectivity index (χ3n) is 2.84. The summed E-state index contributed by atoms with van der Waals surface area (Å²) in [7, 11) is 3.34. The molecule has 0 radical (unpaired) electrons. The predicted molar refractivity (Wildman–Crippen MR) is 68.8 cm³/mol. The molecule has 1 aromatic carbocycles. The molecule has 1 atom stereocenters. The van der Waals surface area contributed by atoms with Crippen molar-refractivity contribution in [1.82, 2.24) is 0 Å². The smallest absolute Gasteiger partial charge is 0.267 e. The normalized spacial score (nSPS) is 18.7. The van der Waals surface area contributed by atoms with Crippen LogP contribution in [0.2, 0.25) is 0 Å². The van der Waals surface area contributed by atoms with Crippen molar-refractivity contribution in [3.05, 3.63) is 16.6 Å². The molecule has 2 rings (SSSR count). The van der Waals surface area contributed by atoms with Gasteiger partial charge in [0.25, 0.3) is 5.91 Å². The van der Waals surface area contributed by atoms with E-state index in [1.165, 1.54) is 0 Å². The number of halogens is 1. The highest BCUT2D eigenvalue weighted by molar-refractivity contribution is 9.10. The molecule has 1 aliphatic heterocycles. The van der Waals surface area contributed by atoms with E-state index in [2.05, 4.69) is 15.9 Å². The van der Waals surface area contributed by atoms with Crippen molar-refractivity contribution in [2.24, 2.45) is 0 Å². The monoisotopic (exact) mass is 299 g/mol. The molecule has 1 heterocycles. The van der Waals surface area contributed by atoms with Crippen LogP contribution in [-0.2, 0) is 4.79 Å². The van der Waals surface area contributed by atoms with E-state index in [4.69, 9.17) is 9.47 Å². The van der Waals surface area contributed by atoms with Crippen LogP contribution < -0.4 is 14.4 Å². The number of hydrogen-bond donors (Lipinski definition) is 0. The molecule has 0 saturated heterocycles. The number of nitrogens with zero attached hydrogens (tertiary/aromatic N) is 1. The van der Waals surface area contributed by atoms with Gasteiger partial charge in [0.1, 0.15) is 11.5 Å². The molecule has 0 fully saturated rings. The van der Waals surface area contributed by atoms with Gasteiger partial charge >= 0.3 is 0 Å². The summed E-state index contributed by atoms with van der Waals surface area (Å²) in [4.78, 5) is 13.6. The Labute approximate surface area is 109 Å². The molecule has 1 amide bonds. The van der Waals surface area contributed by atoms with Crippen molar-refractivity contribution < 1.29 is 14.3 Å². The van der Waals surface area contributed by atoms with Crippen LogP contribution in [0.25, 0.3) is 0 Å². The second-order valence-corrected chi connectivity index (χ2v) is 4.72. The van der Waals surface area contributed by atoms with Gasteiger partial charge in [0, 0.05) is 19.2 Å². The Morgan fingerprint density at radius 1 is 1.53 bits per heavy atom. The number of carbonyl (C=O) groups excluding carboxylic acids is 1. The Morgan fingerprint density at radius 3 is 2.82 bits per heavy atom. The van der Waals surface area contributed by atoms with E-state index in [9.17, 15) is 4.79 Å². The number of methoxy groups -OCH3 is 1. The standard InChI is InChI=1S/C12H14BrNO3/c1-4-9-12(15)14(2)8-6-10(16-3)7(13)5-11(8)17-9/h5-6,9H,4H2,1-3H3. The summed E-state index contributed by atoms with van der Waals surface area (Å²) < 4.78 is 11.7. The molecule has 1 unspecified atom stereocenters. The first-order valence-corrected chi connectivity index (χ1v) is 6.19. The van der Waals surface area contributed by atoms with Crippen LogP contribution in [0.3, 0.4) is 0 Å². The van der Waals surface area contributed by atoms with Crippen LogP contribution in [0.15, 0.2) is 16.6 Å². The minimum absolute atomic E-state index is 0.0237. The van der Waals surface area contributed by atoms with Gasteiger partial charge < -0.3 is 14.4 Å². The summed E-state index contributed by atoms with van der Waals surface area (Å²) in [5, 5.41) is 0. The average Bonchev–Trinajstić information content (AvgIpc) is 2.33. The molecule has 0 saturated carbocycles. The summed E-state index contributed by atoms with van der Waals surface area (Å²) in [5.74, 6) is 1.36. The van der Waals surface area contributed by atoms with Gasteiger partial charge in [0.15, 0.2) is 6.10 Å². The Morgan fingerprint density at radius 2 is 2.24 bits per heavy atom. The predicted octanol–water partition coefficient (Wildman–Crippen LogP) is 2.59. The summed E-state index contributed by atoms with van der Waals surface area (Å²) in [6.07, 6.45) is 0.263. The highest BCUT2D eigenvalue weighted by Crippen LogP contribution is 2.41. The number of anilines is 1. The molecule has 92 valence electrons. The van der Waals surface area contributed by atoms with Crippen LogP contribution in [0.4, 0.5) is 5.69 Å². The fourth-order valence-corrected chi connectivity index (χ4v) is 2.32. The molecule has 0 bridgehead atoms. The molecule has 0 aromatic heterocycles. The minimum Gasteiger partial charge on any atom is -0.495 e. The van der Waals surface area contributed by atoms with Gasteiger partial charge in [-0.05, 0) is 22.4 Å². The summed E-state index contributed by atoms with van der Waals surface area (Å²) >= 11 is 3.40. The van der Waals surface area contributed by atoms with Gasteiger partial charge in [-0.1, -0.05) is 6.92 Å². The molecular weight excluding hydrogens is 286 g/mol. The van der Waals surface area contributed by atoms with E-state index < -0.39 is 6.10 Å². The summed E-state index contributed by atoms with van der Waals surface area (Å²) in [6, 6.07) is 3.63. The van der Waals surface area contributed by atoms with Gasteiger partial charge in [-0.15, -0.1) is 0 Å². The van der Waals surface area contributed by atoms with Crippen molar-refractivity contribution in [3.63, 3.8) is 0 Å². The number of likely N-dealkylation sites (N-methyl/N-ethyl adjacent to an activating group) is 1. The zero-order valence-electron chi connectivity index (χ0n) is 9.99. The fraction of sp³-hybridized carbons (Fsp3) is 0.417. The summed E-state index contributed by atoms with van der Waals surface area (Å²) in [5.41, 5.74) is 0.736. The molecule has 1 aromatic rings. The molecule has 5 heteroatoms. The molecular formula is C12H14BrNO3. The highest BCUT2D eigenvalue weighted by atomic mass is 79.9. The van der Waals surface area contributed by atoms with E-state index in [0.717, 1.165) is 10.2 Å². The Hall–Kier alpha value is -1.23. The Kier molecular flexibility index (Phi) is 3.28. The van der Waals surface area contributed by atoms with Crippen molar-refractivity contribution in [2.75, 3.05) is 19.1 Å². The van der Waals surface area contributed by atoms with Crippen LogP contribution in [0.1, 0.15) is 13.3 Å². The Bertz CT molecular complexity index is 461. The van der Waals surface area contributed by atoms with E-state index in [0.29, 0.717) is 17.9 Å². The lowest BCUT2D eigenvalue weighted by atomic mass is 10.1. The first kappa shape index (κ1) is 12.2. The largest absolute Gasteiger partial charge is 0.495 e. The first-order valence-electron chi connectivity index (χ1n) is 5.40. The summed E-state index contributed by atoms with van der Waals surface area (Å²) in [6.45, 7) is 1.93. The van der Waals surface area contributed by atoms with Crippen LogP contribution in [0, 0.1) is 0 Å². The average molecular weight is 300 g/mol. The van der Waals surface area contributed by atoms with Crippen LogP contribution >= 0.6 is 15.9 Å². The number of benzene rings is 1. The second kappa shape index (κ2) is 4.56. The molecule has 4 nitrogen and oxygen atoms in total. The third kappa shape index (κ3) is 1.99. The topological polar surface area (TPSA) is 38.8 Å². The highest BCUT2D eigenvalue weighted by Gasteiger charge is 2.31. The maximum atomic E-state index is 12.0. The van der Waals surface area contributed by atoms with Gasteiger partial charge in [-0.25, -0.2) is 0 Å². The molecule has 0 N–H and O–H groups in total. The lowest BCUT2D eigenvalue weighted by Crippen LogP contribution is -2.43. The SMILES string of the molecule is CCC1Oc2cc(Br)c(OC)cc2N(C)C1=O. The van der Waals surface area contributed by atoms with E-state index in [-0.39, 0.29) is 5.91 Å². The maximum Gasteiger partial charge on any atom is 0.267 e. The van der Waals surface area contributed by atoms with Gasteiger partial charge in [-0.2, -0.15) is 0 Å². The molecule has 1 aliphatic rings. The van der Waals surface area contributed by atoms with Gasteiger partial charge in [0.05, 0.1) is 17.3 Å². The number of amides is 1. The number of rotatable bonds is 2. The zero-order chi connectivity index (χ0) is 12.6. The Balaban J connectivity index is 2.49. The van der Waals surface area contributed by atoms with Crippen molar-refractivity contribution in [3.8, 4) is 11.5 Å². The fourth-order valence-electron chi connectivity index (χ4n) is 1.83. The molecule has 17 heavy (non-hydrogen) atoms. The van der Waals surface area contributed by atoms with E-state index in [1.54, 1.807) is 25.1 Å². The number of hydrogen-bond acceptors (Lipinski definition) is 3. The van der Waals surface area contributed by atoms with E-state index in [1.807, 2.05) is 13.0 Å².